The van der Waals surface area contributed by atoms with Crippen molar-refractivity contribution in [3.8, 4) is 0 Å². The molecule has 128 valence electrons. The Balaban J connectivity index is 1.59. The van der Waals surface area contributed by atoms with Crippen LogP contribution in [0.5, 0.6) is 0 Å². The molecule has 0 radical (unpaired) electrons. The molecule has 2 aromatic carbocycles. The number of hydrogen-bond donors (Lipinski definition) is 1. The maximum Gasteiger partial charge on any atom is 0.250 e. The SMILES string of the molecule is Cn1c(C2CCN(Cc3ccccc3)C2)nc2c(C(N)=O)cccc21. The van der Waals surface area contributed by atoms with Crippen LogP contribution in [0.3, 0.4) is 0 Å². The smallest absolute Gasteiger partial charge is 0.250 e. The van der Waals surface area contributed by atoms with Crippen molar-refractivity contribution < 1.29 is 4.79 Å². The molecule has 0 saturated carbocycles. The average Bonchev–Trinajstić information content (AvgIpc) is 3.20. The number of likely N-dealkylation sites (tertiary alicyclic amines) is 1. The highest BCUT2D eigenvalue weighted by atomic mass is 16.1. The Morgan fingerprint density at radius 3 is 2.76 bits per heavy atom. The summed E-state index contributed by atoms with van der Waals surface area (Å²) in [5.41, 5.74) is 9.02. The number of carbonyl (C=O) groups is 1. The fourth-order valence-corrected chi connectivity index (χ4v) is 3.83. The second-order valence-electron chi connectivity index (χ2n) is 6.77. The molecule has 1 amide bonds. The quantitative estimate of drug-likeness (QED) is 0.798. The van der Waals surface area contributed by atoms with Crippen molar-refractivity contribution in [2.75, 3.05) is 13.1 Å². The summed E-state index contributed by atoms with van der Waals surface area (Å²) in [6, 6.07) is 16.2. The topological polar surface area (TPSA) is 64.2 Å². The number of hydrogen-bond acceptors (Lipinski definition) is 3. The first-order valence-corrected chi connectivity index (χ1v) is 8.65. The summed E-state index contributed by atoms with van der Waals surface area (Å²) >= 11 is 0. The van der Waals surface area contributed by atoms with E-state index in [4.69, 9.17) is 10.7 Å². The maximum atomic E-state index is 11.7. The summed E-state index contributed by atoms with van der Waals surface area (Å²) in [4.78, 5) is 18.9. The van der Waals surface area contributed by atoms with Crippen LogP contribution in [0, 0.1) is 0 Å². The Morgan fingerprint density at radius 1 is 1.20 bits per heavy atom. The van der Waals surface area contributed by atoms with Crippen LogP contribution in [0.2, 0.25) is 0 Å². The van der Waals surface area contributed by atoms with Gasteiger partial charge in [0.05, 0.1) is 11.1 Å². The molecular weight excluding hydrogens is 312 g/mol. The Hall–Kier alpha value is -2.66. The molecule has 1 aliphatic heterocycles. The lowest BCUT2D eigenvalue weighted by Gasteiger charge is -2.16. The summed E-state index contributed by atoms with van der Waals surface area (Å²) in [6.07, 6.45) is 1.08. The molecular formula is C20H22N4O. The molecule has 0 spiro atoms. The van der Waals surface area contributed by atoms with Gasteiger partial charge in [-0.05, 0) is 30.7 Å². The molecule has 4 rings (SSSR count). The number of para-hydroxylation sites is 1. The number of carbonyl (C=O) groups excluding carboxylic acids is 1. The largest absolute Gasteiger partial charge is 0.366 e. The van der Waals surface area contributed by atoms with Crippen molar-refractivity contribution >= 4 is 16.9 Å². The van der Waals surface area contributed by atoms with Gasteiger partial charge in [-0.1, -0.05) is 36.4 Å². The second-order valence-corrected chi connectivity index (χ2v) is 6.77. The van der Waals surface area contributed by atoms with Crippen LogP contribution in [-0.2, 0) is 13.6 Å². The molecule has 2 N–H and O–H groups in total. The van der Waals surface area contributed by atoms with Gasteiger partial charge in [0.15, 0.2) is 0 Å². The average molecular weight is 334 g/mol. The zero-order valence-corrected chi connectivity index (χ0v) is 14.4. The van der Waals surface area contributed by atoms with Crippen molar-refractivity contribution in [3.63, 3.8) is 0 Å². The first kappa shape index (κ1) is 15.8. The molecule has 1 aromatic heterocycles. The number of rotatable bonds is 4. The molecule has 1 aliphatic rings. The third kappa shape index (κ3) is 2.91. The number of fused-ring (bicyclic) bond motifs is 1. The molecule has 3 aromatic rings. The molecule has 0 bridgehead atoms. The molecule has 1 saturated heterocycles. The first-order valence-electron chi connectivity index (χ1n) is 8.65. The highest BCUT2D eigenvalue weighted by molar-refractivity contribution is 6.04. The lowest BCUT2D eigenvalue weighted by atomic mass is 10.1. The van der Waals surface area contributed by atoms with E-state index in [1.165, 1.54) is 5.56 Å². The number of nitrogens with two attached hydrogens (primary N) is 1. The van der Waals surface area contributed by atoms with Crippen molar-refractivity contribution in [2.45, 2.75) is 18.9 Å². The van der Waals surface area contributed by atoms with E-state index in [2.05, 4.69) is 33.7 Å². The van der Waals surface area contributed by atoms with Gasteiger partial charge in [-0.15, -0.1) is 0 Å². The Bertz CT molecular complexity index is 916. The van der Waals surface area contributed by atoms with Gasteiger partial charge < -0.3 is 10.3 Å². The van der Waals surface area contributed by atoms with Gasteiger partial charge in [0.1, 0.15) is 11.3 Å². The van der Waals surface area contributed by atoms with Crippen molar-refractivity contribution in [2.24, 2.45) is 12.8 Å². The number of amides is 1. The molecule has 1 fully saturated rings. The van der Waals surface area contributed by atoms with Gasteiger partial charge in [0.25, 0.3) is 5.91 Å². The number of imidazole rings is 1. The summed E-state index contributed by atoms with van der Waals surface area (Å²) in [5.74, 6) is 0.994. The Labute approximate surface area is 147 Å². The first-order chi connectivity index (χ1) is 12.1. The van der Waals surface area contributed by atoms with E-state index in [-0.39, 0.29) is 0 Å². The number of aryl methyl sites for hydroxylation is 1. The highest BCUT2D eigenvalue weighted by Gasteiger charge is 2.28. The summed E-state index contributed by atoms with van der Waals surface area (Å²) in [5, 5.41) is 0. The van der Waals surface area contributed by atoms with Crippen LogP contribution in [0.4, 0.5) is 0 Å². The Kier molecular flexibility index (Phi) is 4.01. The van der Waals surface area contributed by atoms with Crippen LogP contribution < -0.4 is 5.73 Å². The fraction of sp³-hybridized carbons (Fsp3) is 0.300. The Morgan fingerprint density at radius 2 is 2.00 bits per heavy atom. The second kappa shape index (κ2) is 6.33. The fourth-order valence-electron chi connectivity index (χ4n) is 3.83. The van der Waals surface area contributed by atoms with Gasteiger partial charge in [0, 0.05) is 26.1 Å². The van der Waals surface area contributed by atoms with E-state index in [0.717, 1.165) is 37.4 Å². The van der Waals surface area contributed by atoms with E-state index in [9.17, 15) is 4.79 Å². The molecule has 25 heavy (non-hydrogen) atoms. The summed E-state index contributed by atoms with van der Waals surface area (Å²) in [7, 11) is 2.02. The number of nitrogens with zero attached hydrogens (tertiary/aromatic N) is 3. The molecule has 2 heterocycles. The molecule has 0 aliphatic carbocycles. The van der Waals surface area contributed by atoms with Gasteiger partial charge in [0.2, 0.25) is 0 Å². The minimum absolute atomic E-state index is 0.377. The molecule has 5 nitrogen and oxygen atoms in total. The zero-order chi connectivity index (χ0) is 17.4. The van der Waals surface area contributed by atoms with Crippen LogP contribution in [0.25, 0.3) is 11.0 Å². The third-order valence-corrected chi connectivity index (χ3v) is 5.10. The number of benzene rings is 2. The molecule has 1 unspecified atom stereocenters. The zero-order valence-electron chi connectivity index (χ0n) is 14.4. The number of primary amides is 1. The van der Waals surface area contributed by atoms with Gasteiger partial charge in [-0.2, -0.15) is 0 Å². The minimum Gasteiger partial charge on any atom is -0.366 e. The van der Waals surface area contributed by atoms with Gasteiger partial charge in [-0.3, -0.25) is 9.69 Å². The minimum atomic E-state index is -0.424. The summed E-state index contributed by atoms with van der Waals surface area (Å²) < 4.78 is 2.11. The van der Waals surface area contributed by atoms with E-state index >= 15 is 0 Å². The molecule has 1 atom stereocenters. The van der Waals surface area contributed by atoms with Gasteiger partial charge in [-0.25, -0.2) is 4.98 Å². The van der Waals surface area contributed by atoms with E-state index < -0.39 is 5.91 Å². The van der Waals surface area contributed by atoms with E-state index in [1.807, 2.05) is 25.2 Å². The lowest BCUT2D eigenvalue weighted by molar-refractivity contribution is 0.100. The summed E-state index contributed by atoms with van der Waals surface area (Å²) in [6.45, 7) is 3.01. The van der Waals surface area contributed by atoms with Crippen molar-refractivity contribution in [1.29, 1.82) is 0 Å². The predicted octanol–water partition coefficient (Wildman–Crippen LogP) is 2.66. The van der Waals surface area contributed by atoms with E-state index in [0.29, 0.717) is 17.0 Å². The van der Waals surface area contributed by atoms with Crippen molar-refractivity contribution in [3.05, 3.63) is 65.5 Å². The van der Waals surface area contributed by atoms with Crippen LogP contribution in [0.15, 0.2) is 48.5 Å². The maximum absolute atomic E-state index is 11.7. The predicted molar refractivity (Wildman–Crippen MR) is 98.3 cm³/mol. The standard InChI is InChI=1S/C20H22N4O/c1-23-17-9-5-8-16(19(21)25)18(17)22-20(23)15-10-11-24(13-15)12-14-6-3-2-4-7-14/h2-9,15H,10-13H2,1H3,(H2,21,25). The van der Waals surface area contributed by atoms with E-state index in [1.54, 1.807) is 6.07 Å². The number of aromatic nitrogens is 2. The van der Waals surface area contributed by atoms with Gasteiger partial charge >= 0.3 is 0 Å². The monoisotopic (exact) mass is 334 g/mol. The third-order valence-electron chi connectivity index (χ3n) is 5.10. The van der Waals surface area contributed by atoms with Crippen LogP contribution in [-0.4, -0.2) is 33.4 Å². The van der Waals surface area contributed by atoms with Crippen LogP contribution >= 0.6 is 0 Å². The van der Waals surface area contributed by atoms with Crippen LogP contribution in [0.1, 0.15) is 34.1 Å². The van der Waals surface area contributed by atoms with Crippen molar-refractivity contribution in [1.82, 2.24) is 14.5 Å². The lowest BCUT2D eigenvalue weighted by Crippen LogP contribution is -2.20. The highest BCUT2D eigenvalue weighted by Crippen LogP contribution is 2.30. The molecule has 5 heteroatoms. The normalized spacial score (nSPS) is 18.0.